The SMILES string of the molecule is CN(C)c1ccc(C(CNS(=O)(=O)c2cccs2)N2CCc3ccccc3C2)cc1. The molecule has 5 nitrogen and oxygen atoms in total. The lowest BCUT2D eigenvalue weighted by molar-refractivity contribution is 0.180. The number of nitrogens with zero attached hydrogens (tertiary/aromatic N) is 2. The Morgan fingerprint density at radius 1 is 1.03 bits per heavy atom. The van der Waals surface area contributed by atoms with Crippen LogP contribution in [0, 0.1) is 0 Å². The van der Waals surface area contributed by atoms with Gasteiger partial charge in [0, 0.05) is 45.5 Å². The van der Waals surface area contributed by atoms with Gasteiger partial charge in [0.2, 0.25) is 10.0 Å². The van der Waals surface area contributed by atoms with Gasteiger partial charge in [-0.2, -0.15) is 0 Å². The Balaban J connectivity index is 1.60. The maximum Gasteiger partial charge on any atom is 0.250 e. The average Bonchev–Trinajstić information content (AvgIpc) is 3.30. The number of thiophene rings is 1. The van der Waals surface area contributed by atoms with Crippen molar-refractivity contribution in [2.24, 2.45) is 0 Å². The van der Waals surface area contributed by atoms with Gasteiger partial charge in [0.25, 0.3) is 0 Å². The molecule has 2 heterocycles. The lowest BCUT2D eigenvalue weighted by Crippen LogP contribution is -2.40. The lowest BCUT2D eigenvalue weighted by atomic mass is 9.96. The second kappa shape index (κ2) is 8.89. The van der Waals surface area contributed by atoms with Crippen molar-refractivity contribution >= 4 is 27.0 Å². The molecule has 0 saturated carbocycles. The molecule has 30 heavy (non-hydrogen) atoms. The normalized spacial score (nSPS) is 15.5. The minimum Gasteiger partial charge on any atom is -0.378 e. The number of sulfonamides is 1. The van der Waals surface area contributed by atoms with E-state index in [0.717, 1.165) is 30.8 Å². The highest BCUT2D eigenvalue weighted by Gasteiger charge is 2.27. The van der Waals surface area contributed by atoms with Crippen LogP contribution in [0.5, 0.6) is 0 Å². The van der Waals surface area contributed by atoms with Crippen LogP contribution in [0.25, 0.3) is 0 Å². The molecule has 1 aromatic heterocycles. The van der Waals surface area contributed by atoms with Crippen LogP contribution < -0.4 is 9.62 Å². The smallest absolute Gasteiger partial charge is 0.250 e. The molecule has 0 fully saturated rings. The zero-order chi connectivity index (χ0) is 21.1. The molecule has 0 bridgehead atoms. The summed E-state index contributed by atoms with van der Waals surface area (Å²) < 4.78 is 28.7. The third-order valence-electron chi connectivity index (χ3n) is 5.62. The Morgan fingerprint density at radius 3 is 2.43 bits per heavy atom. The van der Waals surface area contributed by atoms with Crippen LogP contribution in [0.2, 0.25) is 0 Å². The molecule has 7 heteroatoms. The third-order valence-corrected chi connectivity index (χ3v) is 8.44. The molecule has 0 aliphatic carbocycles. The highest BCUT2D eigenvalue weighted by Crippen LogP contribution is 2.29. The van der Waals surface area contributed by atoms with Crippen molar-refractivity contribution in [3.8, 4) is 0 Å². The van der Waals surface area contributed by atoms with Crippen molar-refractivity contribution in [1.82, 2.24) is 9.62 Å². The molecule has 0 radical (unpaired) electrons. The molecule has 4 rings (SSSR count). The predicted octanol–water partition coefficient (Wildman–Crippen LogP) is 3.89. The van der Waals surface area contributed by atoms with Crippen LogP contribution in [0.4, 0.5) is 5.69 Å². The van der Waals surface area contributed by atoms with Crippen molar-refractivity contribution < 1.29 is 8.42 Å². The van der Waals surface area contributed by atoms with Crippen molar-refractivity contribution in [3.05, 3.63) is 82.7 Å². The lowest BCUT2D eigenvalue weighted by Gasteiger charge is -2.36. The highest BCUT2D eigenvalue weighted by atomic mass is 32.2. The summed E-state index contributed by atoms with van der Waals surface area (Å²) in [5.41, 5.74) is 4.95. The van der Waals surface area contributed by atoms with E-state index in [9.17, 15) is 8.42 Å². The number of hydrogen-bond acceptors (Lipinski definition) is 5. The fourth-order valence-electron chi connectivity index (χ4n) is 3.91. The molecule has 3 aromatic rings. The molecule has 1 atom stereocenters. The maximum atomic E-state index is 12.7. The fourth-order valence-corrected chi connectivity index (χ4v) is 5.99. The summed E-state index contributed by atoms with van der Waals surface area (Å²) in [4.78, 5) is 4.44. The predicted molar refractivity (Wildman–Crippen MR) is 124 cm³/mol. The summed E-state index contributed by atoms with van der Waals surface area (Å²) in [7, 11) is 0.527. The van der Waals surface area contributed by atoms with Gasteiger partial charge in [0.05, 0.1) is 0 Å². The third kappa shape index (κ3) is 4.59. The second-order valence-corrected chi connectivity index (χ2v) is 10.7. The van der Waals surface area contributed by atoms with Crippen LogP contribution in [-0.4, -0.2) is 40.5 Å². The van der Waals surface area contributed by atoms with Crippen molar-refractivity contribution in [3.63, 3.8) is 0 Å². The Kier molecular flexibility index (Phi) is 6.24. The first-order valence-electron chi connectivity index (χ1n) is 10.1. The monoisotopic (exact) mass is 441 g/mol. The first-order chi connectivity index (χ1) is 14.4. The summed E-state index contributed by atoms with van der Waals surface area (Å²) in [5.74, 6) is 0. The minimum atomic E-state index is -3.51. The number of rotatable bonds is 7. The van der Waals surface area contributed by atoms with Gasteiger partial charge in [-0.1, -0.05) is 42.5 Å². The van der Waals surface area contributed by atoms with Crippen molar-refractivity contribution in [2.45, 2.75) is 23.2 Å². The first kappa shape index (κ1) is 21.1. The summed E-state index contributed by atoms with van der Waals surface area (Å²) in [6.45, 7) is 2.05. The van der Waals surface area contributed by atoms with E-state index < -0.39 is 10.0 Å². The van der Waals surface area contributed by atoms with E-state index in [0.29, 0.717) is 10.8 Å². The summed E-state index contributed by atoms with van der Waals surface area (Å²) in [6, 6.07) is 20.3. The van der Waals surface area contributed by atoms with E-state index in [2.05, 4.69) is 63.1 Å². The molecule has 1 aliphatic heterocycles. The fraction of sp³-hybridized carbons (Fsp3) is 0.304. The highest BCUT2D eigenvalue weighted by molar-refractivity contribution is 7.91. The van der Waals surface area contributed by atoms with Crippen LogP contribution >= 0.6 is 11.3 Å². The van der Waals surface area contributed by atoms with Gasteiger partial charge >= 0.3 is 0 Å². The van der Waals surface area contributed by atoms with Gasteiger partial charge in [-0.15, -0.1) is 11.3 Å². The van der Waals surface area contributed by atoms with E-state index >= 15 is 0 Å². The Morgan fingerprint density at radius 2 is 1.77 bits per heavy atom. The quantitative estimate of drug-likeness (QED) is 0.604. The van der Waals surface area contributed by atoms with Gasteiger partial charge in [-0.3, -0.25) is 4.90 Å². The van der Waals surface area contributed by atoms with E-state index in [1.54, 1.807) is 17.5 Å². The molecular formula is C23H27N3O2S2. The van der Waals surface area contributed by atoms with E-state index in [4.69, 9.17) is 0 Å². The standard InChI is InChI=1S/C23H27N3O2S2/c1-25(2)21-11-9-19(10-12-21)22(16-24-30(27,28)23-8-5-15-29-23)26-14-13-18-6-3-4-7-20(18)17-26/h3-12,15,22,24H,13-14,16-17H2,1-2H3. The summed E-state index contributed by atoms with van der Waals surface area (Å²) in [6.07, 6.45) is 0.972. The zero-order valence-electron chi connectivity index (χ0n) is 17.3. The summed E-state index contributed by atoms with van der Waals surface area (Å²) >= 11 is 1.24. The number of hydrogen-bond donors (Lipinski definition) is 1. The number of benzene rings is 2. The van der Waals surface area contributed by atoms with Crippen molar-refractivity contribution in [1.29, 1.82) is 0 Å². The topological polar surface area (TPSA) is 52.7 Å². The molecule has 1 N–H and O–H groups in total. The molecule has 0 saturated heterocycles. The minimum absolute atomic E-state index is 0.0377. The average molecular weight is 442 g/mol. The molecule has 2 aromatic carbocycles. The second-order valence-electron chi connectivity index (χ2n) is 7.77. The Labute approximate surface area is 183 Å². The van der Waals surface area contributed by atoms with Gasteiger partial charge < -0.3 is 4.90 Å². The molecule has 0 amide bonds. The first-order valence-corrected chi connectivity index (χ1v) is 12.4. The van der Waals surface area contributed by atoms with E-state index in [1.165, 1.54) is 22.5 Å². The van der Waals surface area contributed by atoms with Crippen LogP contribution in [0.15, 0.2) is 70.3 Å². The van der Waals surface area contributed by atoms with Gasteiger partial charge in [-0.25, -0.2) is 13.1 Å². The Bertz CT molecular complexity index is 1080. The zero-order valence-corrected chi connectivity index (χ0v) is 18.9. The number of anilines is 1. The molecular weight excluding hydrogens is 414 g/mol. The van der Waals surface area contributed by atoms with Gasteiger partial charge in [0.15, 0.2) is 0 Å². The van der Waals surface area contributed by atoms with Crippen molar-refractivity contribution in [2.75, 3.05) is 32.1 Å². The largest absolute Gasteiger partial charge is 0.378 e. The van der Waals surface area contributed by atoms with Crippen LogP contribution in [-0.2, 0) is 23.0 Å². The van der Waals surface area contributed by atoms with E-state index in [-0.39, 0.29) is 6.04 Å². The molecule has 158 valence electrons. The van der Waals surface area contributed by atoms with Crippen LogP contribution in [0.3, 0.4) is 0 Å². The van der Waals surface area contributed by atoms with Gasteiger partial charge in [0.1, 0.15) is 4.21 Å². The maximum absolute atomic E-state index is 12.7. The van der Waals surface area contributed by atoms with E-state index in [1.807, 2.05) is 14.1 Å². The van der Waals surface area contributed by atoms with Crippen LogP contribution in [0.1, 0.15) is 22.7 Å². The molecule has 1 unspecified atom stereocenters. The summed E-state index contributed by atoms with van der Waals surface area (Å²) in [5, 5.41) is 1.79. The number of fused-ring (bicyclic) bond motifs is 1. The Hall–Kier alpha value is -2.19. The number of nitrogens with one attached hydrogen (secondary N) is 1. The molecule has 1 aliphatic rings. The molecule has 0 spiro atoms. The van der Waals surface area contributed by atoms with Gasteiger partial charge in [-0.05, 0) is 46.7 Å².